The van der Waals surface area contributed by atoms with E-state index in [-0.39, 0.29) is 0 Å². The highest BCUT2D eigenvalue weighted by Gasteiger charge is 2.21. The van der Waals surface area contributed by atoms with E-state index in [1.807, 2.05) is 0 Å². The summed E-state index contributed by atoms with van der Waals surface area (Å²) in [5.41, 5.74) is 8.23. The van der Waals surface area contributed by atoms with Gasteiger partial charge in [0.25, 0.3) is 0 Å². The van der Waals surface area contributed by atoms with E-state index in [4.69, 9.17) is 5.73 Å². The molecule has 0 aromatic heterocycles. The van der Waals surface area contributed by atoms with Crippen LogP contribution in [0.5, 0.6) is 0 Å². The van der Waals surface area contributed by atoms with Crippen molar-refractivity contribution in [3.8, 4) is 0 Å². The molecule has 1 aromatic carbocycles. The molecule has 0 spiro atoms. The van der Waals surface area contributed by atoms with Crippen LogP contribution in [0.1, 0.15) is 31.4 Å². The minimum Gasteiger partial charge on any atom is -0.326 e. The zero-order chi connectivity index (χ0) is 12.3. The topological polar surface area (TPSA) is 29.3 Å². The molecule has 1 aromatic rings. The van der Waals surface area contributed by atoms with Crippen molar-refractivity contribution in [2.45, 2.75) is 33.4 Å². The molecule has 1 aliphatic heterocycles. The molecule has 1 heterocycles. The van der Waals surface area contributed by atoms with E-state index in [1.165, 1.54) is 30.6 Å². The van der Waals surface area contributed by atoms with Crippen molar-refractivity contribution in [3.63, 3.8) is 0 Å². The van der Waals surface area contributed by atoms with Crippen molar-refractivity contribution in [1.29, 1.82) is 0 Å². The molecular formula is C15H24N2. The minimum atomic E-state index is 0.637. The maximum absolute atomic E-state index is 5.61. The van der Waals surface area contributed by atoms with Gasteiger partial charge in [0.05, 0.1) is 0 Å². The molecule has 94 valence electrons. The Balaban J connectivity index is 1.95. The quantitative estimate of drug-likeness (QED) is 0.868. The van der Waals surface area contributed by atoms with Gasteiger partial charge in [0.15, 0.2) is 0 Å². The number of nitrogens with two attached hydrogens (primary N) is 1. The van der Waals surface area contributed by atoms with Crippen molar-refractivity contribution in [1.82, 2.24) is 4.90 Å². The summed E-state index contributed by atoms with van der Waals surface area (Å²) in [6, 6.07) is 8.72. The van der Waals surface area contributed by atoms with Gasteiger partial charge in [-0.25, -0.2) is 0 Å². The summed E-state index contributed by atoms with van der Waals surface area (Å²) in [6.45, 7) is 8.92. The average Bonchev–Trinajstić information content (AvgIpc) is 2.28. The van der Waals surface area contributed by atoms with Gasteiger partial charge in [-0.05, 0) is 29.4 Å². The zero-order valence-corrected chi connectivity index (χ0v) is 11.0. The van der Waals surface area contributed by atoms with Gasteiger partial charge in [0.2, 0.25) is 0 Å². The molecule has 2 atom stereocenters. The monoisotopic (exact) mass is 232 g/mol. The van der Waals surface area contributed by atoms with Crippen molar-refractivity contribution in [3.05, 3.63) is 35.4 Å². The number of likely N-dealkylation sites (tertiary alicyclic amines) is 1. The van der Waals surface area contributed by atoms with Crippen LogP contribution in [0.3, 0.4) is 0 Å². The van der Waals surface area contributed by atoms with Gasteiger partial charge >= 0.3 is 0 Å². The lowest BCUT2D eigenvalue weighted by Gasteiger charge is -2.35. The summed E-state index contributed by atoms with van der Waals surface area (Å²) in [6.07, 6.45) is 1.38. The second kappa shape index (κ2) is 5.65. The second-order valence-electron chi connectivity index (χ2n) is 5.66. The second-order valence-corrected chi connectivity index (χ2v) is 5.66. The fraction of sp³-hybridized carbons (Fsp3) is 0.600. The number of benzene rings is 1. The third kappa shape index (κ3) is 3.55. The lowest BCUT2D eigenvalue weighted by molar-refractivity contribution is 0.134. The highest BCUT2D eigenvalue weighted by molar-refractivity contribution is 5.22. The van der Waals surface area contributed by atoms with E-state index in [0.29, 0.717) is 6.54 Å². The fourth-order valence-electron chi connectivity index (χ4n) is 2.96. The third-order valence-corrected chi connectivity index (χ3v) is 3.61. The standard InChI is InChI=1S/C15H24N2/c1-12-7-13(2)10-17(9-12)11-15-5-3-14(8-16)4-6-15/h3-6,12-13H,7-11,16H2,1-2H3. The highest BCUT2D eigenvalue weighted by atomic mass is 15.1. The van der Waals surface area contributed by atoms with Crippen molar-refractivity contribution in [2.75, 3.05) is 13.1 Å². The number of hydrogen-bond acceptors (Lipinski definition) is 2. The van der Waals surface area contributed by atoms with Crippen LogP contribution in [-0.4, -0.2) is 18.0 Å². The van der Waals surface area contributed by atoms with Crippen LogP contribution in [-0.2, 0) is 13.1 Å². The Morgan fingerprint density at radius 1 is 1.06 bits per heavy atom. The molecule has 0 amide bonds. The van der Waals surface area contributed by atoms with Crippen LogP contribution >= 0.6 is 0 Å². The van der Waals surface area contributed by atoms with E-state index < -0.39 is 0 Å². The molecule has 2 heteroatoms. The zero-order valence-electron chi connectivity index (χ0n) is 11.0. The normalized spacial score (nSPS) is 26.1. The molecule has 2 rings (SSSR count). The Bertz CT molecular complexity index is 334. The van der Waals surface area contributed by atoms with Crippen LogP contribution in [0, 0.1) is 11.8 Å². The largest absolute Gasteiger partial charge is 0.326 e. The maximum atomic E-state index is 5.61. The number of piperidine rings is 1. The van der Waals surface area contributed by atoms with Gasteiger partial charge in [0.1, 0.15) is 0 Å². The van der Waals surface area contributed by atoms with Crippen molar-refractivity contribution < 1.29 is 0 Å². The average molecular weight is 232 g/mol. The number of rotatable bonds is 3. The third-order valence-electron chi connectivity index (χ3n) is 3.61. The number of nitrogens with zero attached hydrogens (tertiary/aromatic N) is 1. The molecule has 1 aliphatic rings. The van der Waals surface area contributed by atoms with E-state index in [1.54, 1.807) is 0 Å². The van der Waals surface area contributed by atoms with Crippen LogP contribution in [0.4, 0.5) is 0 Å². The molecule has 2 nitrogen and oxygen atoms in total. The predicted molar refractivity (Wildman–Crippen MR) is 72.6 cm³/mol. The van der Waals surface area contributed by atoms with Crippen LogP contribution in [0.2, 0.25) is 0 Å². The molecular weight excluding hydrogens is 208 g/mol. The maximum Gasteiger partial charge on any atom is 0.0233 e. The van der Waals surface area contributed by atoms with Gasteiger partial charge in [-0.2, -0.15) is 0 Å². The summed E-state index contributed by atoms with van der Waals surface area (Å²) in [4.78, 5) is 2.58. The molecule has 0 saturated carbocycles. The molecule has 2 unspecified atom stereocenters. The van der Waals surface area contributed by atoms with Crippen molar-refractivity contribution >= 4 is 0 Å². The minimum absolute atomic E-state index is 0.637. The Morgan fingerprint density at radius 2 is 1.59 bits per heavy atom. The molecule has 1 saturated heterocycles. The first-order valence-electron chi connectivity index (χ1n) is 6.67. The predicted octanol–water partition coefficient (Wildman–Crippen LogP) is 2.62. The highest BCUT2D eigenvalue weighted by Crippen LogP contribution is 2.22. The summed E-state index contributed by atoms with van der Waals surface area (Å²) in [5.74, 6) is 1.67. The fourth-order valence-corrected chi connectivity index (χ4v) is 2.96. The summed E-state index contributed by atoms with van der Waals surface area (Å²) in [5, 5.41) is 0. The van der Waals surface area contributed by atoms with Crippen LogP contribution in [0.15, 0.2) is 24.3 Å². The van der Waals surface area contributed by atoms with Crippen LogP contribution in [0.25, 0.3) is 0 Å². The first-order chi connectivity index (χ1) is 8.17. The molecule has 0 radical (unpaired) electrons. The summed E-state index contributed by atoms with van der Waals surface area (Å²) < 4.78 is 0. The SMILES string of the molecule is CC1CC(C)CN(Cc2ccc(CN)cc2)C1. The summed E-state index contributed by atoms with van der Waals surface area (Å²) in [7, 11) is 0. The molecule has 2 N–H and O–H groups in total. The Kier molecular flexibility index (Phi) is 4.19. The summed E-state index contributed by atoms with van der Waals surface area (Å²) >= 11 is 0. The van der Waals surface area contributed by atoms with Gasteiger partial charge in [-0.15, -0.1) is 0 Å². The van der Waals surface area contributed by atoms with E-state index in [0.717, 1.165) is 18.4 Å². The van der Waals surface area contributed by atoms with Gasteiger partial charge in [-0.3, -0.25) is 4.90 Å². The smallest absolute Gasteiger partial charge is 0.0233 e. The number of hydrogen-bond donors (Lipinski definition) is 1. The van der Waals surface area contributed by atoms with Gasteiger partial charge in [-0.1, -0.05) is 38.1 Å². The molecule has 17 heavy (non-hydrogen) atoms. The van der Waals surface area contributed by atoms with Crippen LogP contribution < -0.4 is 5.73 Å². The lowest BCUT2D eigenvalue weighted by Crippen LogP contribution is -2.38. The Morgan fingerprint density at radius 3 is 2.12 bits per heavy atom. The van der Waals surface area contributed by atoms with Gasteiger partial charge < -0.3 is 5.73 Å². The first-order valence-corrected chi connectivity index (χ1v) is 6.67. The van der Waals surface area contributed by atoms with E-state index in [2.05, 4.69) is 43.0 Å². The van der Waals surface area contributed by atoms with Crippen molar-refractivity contribution in [2.24, 2.45) is 17.6 Å². The first kappa shape index (κ1) is 12.6. The van der Waals surface area contributed by atoms with Gasteiger partial charge in [0, 0.05) is 26.2 Å². The molecule has 0 aliphatic carbocycles. The lowest BCUT2D eigenvalue weighted by atomic mass is 9.91. The molecule has 1 fully saturated rings. The van der Waals surface area contributed by atoms with E-state index in [9.17, 15) is 0 Å². The Hall–Kier alpha value is -0.860. The Labute approximate surface area is 105 Å². The van der Waals surface area contributed by atoms with E-state index >= 15 is 0 Å². The molecule has 0 bridgehead atoms.